The molecule has 42 heavy (non-hydrogen) atoms. The van der Waals surface area contributed by atoms with Gasteiger partial charge in [0.1, 0.15) is 11.0 Å². The molecule has 2 N–H and O–H groups in total. The van der Waals surface area contributed by atoms with Gasteiger partial charge in [-0.2, -0.15) is 0 Å². The fourth-order valence-electron chi connectivity index (χ4n) is 6.07. The minimum absolute atomic E-state index is 0.0908. The van der Waals surface area contributed by atoms with Gasteiger partial charge in [-0.3, -0.25) is 18.9 Å². The molecule has 0 saturated carbocycles. The summed E-state index contributed by atoms with van der Waals surface area (Å²) in [6.45, 7) is 7.40. The van der Waals surface area contributed by atoms with Gasteiger partial charge in [-0.15, -0.1) is 0 Å². The summed E-state index contributed by atoms with van der Waals surface area (Å²) in [4.78, 5) is 49.2. The molecule has 218 valence electrons. The lowest BCUT2D eigenvalue weighted by molar-refractivity contribution is 0.0980. The zero-order valence-corrected chi connectivity index (χ0v) is 25.6. The van der Waals surface area contributed by atoms with Crippen molar-refractivity contribution < 1.29 is 4.79 Å². The molecule has 0 aliphatic carbocycles. The molecule has 11 nitrogen and oxygen atoms in total. The second-order valence-corrected chi connectivity index (χ2v) is 11.9. The Kier molecular flexibility index (Phi) is 7.44. The molecular weight excluding hydrogens is 574 g/mol. The maximum Gasteiger partial charge on any atom is 0.281 e. The topological polar surface area (TPSA) is 121 Å². The molecule has 2 aliphatic heterocycles. The predicted molar refractivity (Wildman–Crippen MR) is 168 cm³/mol. The number of benzene rings is 1. The third-order valence-electron chi connectivity index (χ3n) is 8.04. The molecule has 0 spiro atoms. The van der Waals surface area contributed by atoms with Crippen LogP contribution in [0.5, 0.6) is 0 Å². The first kappa shape index (κ1) is 28.2. The number of halogens is 1. The van der Waals surface area contributed by atoms with Gasteiger partial charge >= 0.3 is 0 Å². The van der Waals surface area contributed by atoms with E-state index in [2.05, 4.69) is 34.8 Å². The van der Waals surface area contributed by atoms with E-state index >= 15 is 0 Å². The first-order chi connectivity index (χ1) is 20.1. The van der Waals surface area contributed by atoms with E-state index in [1.165, 1.54) is 11.9 Å². The smallest absolute Gasteiger partial charge is 0.281 e. The average molecular weight is 606 g/mol. The van der Waals surface area contributed by atoms with Crippen LogP contribution in [-0.4, -0.2) is 61.8 Å². The maximum absolute atomic E-state index is 13.7. The summed E-state index contributed by atoms with van der Waals surface area (Å²) < 4.78 is 4.37. The highest BCUT2D eigenvalue weighted by Gasteiger charge is 2.45. The Hall–Kier alpha value is -3.90. The van der Waals surface area contributed by atoms with E-state index in [0.29, 0.717) is 22.5 Å². The second kappa shape index (κ2) is 11.1. The zero-order chi connectivity index (χ0) is 29.7. The number of aromatic nitrogens is 5. The lowest BCUT2D eigenvalue weighted by atomic mass is 10.0. The van der Waals surface area contributed by atoms with E-state index in [1.807, 2.05) is 45.3 Å². The molecular formula is C29H32ClN9O2S. The number of pyridine rings is 1. The normalized spacial score (nSPS) is 18.5. The second-order valence-electron chi connectivity index (χ2n) is 10.9. The number of nitrogens with one attached hydrogen (secondary N) is 2. The van der Waals surface area contributed by atoms with Crippen LogP contribution < -0.4 is 25.4 Å². The van der Waals surface area contributed by atoms with Gasteiger partial charge in [0.15, 0.2) is 5.69 Å². The van der Waals surface area contributed by atoms with Gasteiger partial charge in [-0.1, -0.05) is 29.6 Å². The summed E-state index contributed by atoms with van der Waals surface area (Å²) in [5, 5.41) is 4.20. The van der Waals surface area contributed by atoms with Gasteiger partial charge in [0.2, 0.25) is 5.95 Å². The van der Waals surface area contributed by atoms with Gasteiger partial charge in [-0.25, -0.2) is 19.9 Å². The van der Waals surface area contributed by atoms with Crippen LogP contribution in [-0.2, 0) is 7.05 Å². The van der Waals surface area contributed by atoms with E-state index in [0.717, 1.165) is 42.1 Å². The monoisotopic (exact) mass is 605 g/mol. The highest BCUT2D eigenvalue weighted by Crippen LogP contribution is 2.37. The number of fused-ring (bicyclic) bond motifs is 3. The van der Waals surface area contributed by atoms with Crippen molar-refractivity contribution in [1.82, 2.24) is 29.2 Å². The predicted octanol–water partition coefficient (Wildman–Crippen LogP) is 4.04. The van der Waals surface area contributed by atoms with Crippen LogP contribution in [0.25, 0.3) is 10.9 Å². The number of hydrogen-bond donors (Lipinski definition) is 2. The number of carbonyl (C=O) groups excluding carboxylic acids is 1. The van der Waals surface area contributed by atoms with E-state index in [1.54, 1.807) is 30.0 Å². The van der Waals surface area contributed by atoms with E-state index < -0.39 is 0 Å². The summed E-state index contributed by atoms with van der Waals surface area (Å²) in [5.41, 5.74) is 4.11. The average Bonchev–Trinajstić information content (AvgIpc) is 3.58. The SMILES string of the molecule is CSNC(=O)c1nc(Cl)ccc1N[C@H](C)c1cc(C)cc2c(=O)n(C)c(N3C[C@H]4C[C@@H]3CN4c3cnc(C)nc3)nc12. The van der Waals surface area contributed by atoms with Gasteiger partial charge in [0.25, 0.3) is 11.5 Å². The maximum atomic E-state index is 13.7. The van der Waals surface area contributed by atoms with Gasteiger partial charge < -0.3 is 15.1 Å². The van der Waals surface area contributed by atoms with Crippen LogP contribution in [0.2, 0.25) is 5.15 Å². The minimum atomic E-state index is -0.349. The Morgan fingerprint density at radius 3 is 2.50 bits per heavy atom. The molecule has 1 amide bonds. The Morgan fingerprint density at radius 1 is 1.10 bits per heavy atom. The molecule has 0 unspecified atom stereocenters. The van der Waals surface area contributed by atoms with Crippen LogP contribution in [0.1, 0.15) is 46.8 Å². The molecule has 3 aromatic heterocycles. The number of amides is 1. The zero-order valence-electron chi connectivity index (χ0n) is 24.1. The minimum Gasteiger partial charge on any atom is -0.377 e. The third kappa shape index (κ3) is 5.02. The highest BCUT2D eigenvalue weighted by atomic mass is 35.5. The Labute approximate surface area is 252 Å². The van der Waals surface area contributed by atoms with E-state index in [9.17, 15) is 9.59 Å². The van der Waals surface area contributed by atoms with Crippen LogP contribution in [0.4, 0.5) is 17.3 Å². The van der Waals surface area contributed by atoms with Crippen molar-refractivity contribution in [2.45, 2.75) is 45.3 Å². The summed E-state index contributed by atoms with van der Waals surface area (Å²) in [6, 6.07) is 7.52. The molecule has 0 radical (unpaired) electrons. The molecule has 13 heteroatoms. The Bertz CT molecular complexity index is 1750. The van der Waals surface area contributed by atoms with Crippen LogP contribution >= 0.6 is 23.5 Å². The van der Waals surface area contributed by atoms with Crippen molar-refractivity contribution in [3.63, 3.8) is 0 Å². The quantitative estimate of drug-likeness (QED) is 0.236. The largest absolute Gasteiger partial charge is 0.377 e. The number of anilines is 3. The highest BCUT2D eigenvalue weighted by molar-refractivity contribution is 7.97. The first-order valence-electron chi connectivity index (χ1n) is 13.7. The van der Waals surface area contributed by atoms with Crippen LogP contribution in [0.15, 0.2) is 41.5 Å². The molecule has 4 aromatic rings. The van der Waals surface area contributed by atoms with E-state index in [-0.39, 0.29) is 40.4 Å². The standard InChI is InChI=1S/C29H32ClN9O2S/c1-15-8-21(16(2)33-23-6-7-24(30)34-26(23)27(40)36-42-5)25-22(9-15)28(41)37(4)29(35-25)39-14-18-10-19(39)13-38(18)20-11-31-17(3)32-12-20/h6-9,11-12,16,18-19,33H,10,13-14H2,1-5H3,(H,36,40)/t16-,18-,19-/m1/s1. The molecule has 6 rings (SSSR count). The molecule has 5 heterocycles. The molecule has 2 bridgehead atoms. The van der Waals surface area contributed by atoms with Crippen molar-refractivity contribution >= 4 is 57.7 Å². The van der Waals surface area contributed by atoms with Crippen molar-refractivity contribution in [2.24, 2.45) is 7.05 Å². The fraction of sp³-hybridized carbons (Fsp3) is 0.379. The number of nitrogens with zero attached hydrogens (tertiary/aromatic N) is 7. The molecule has 2 saturated heterocycles. The lowest BCUT2D eigenvalue weighted by Crippen LogP contribution is -2.48. The Morgan fingerprint density at radius 2 is 1.81 bits per heavy atom. The molecule has 1 aromatic carbocycles. The number of rotatable bonds is 7. The third-order valence-corrected chi connectivity index (χ3v) is 8.64. The first-order valence-corrected chi connectivity index (χ1v) is 15.3. The van der Waals surface area contributed by atoms with Crippen LogP contribution in [0.3, 0.4) is 0 Å². The summed E-state index contributed by atoms with van der Waals surface area (Å²) in [5.74, 6) is 1.06. The summed E-state index contributed by atoms with van der Waals surface area (Å²) in [6.07, 6.45) is 6.51. The van der Waals surface area contributed by atoms with Gasteiger partial charge in [-0.05, 0) is 51.0 Å². The number of hydrogen-bond acceptors (Lipinski definition) is 10. The van der Waals surface area contributed by atoms with Crippen molar-refractivity contribution in [3.05, 3.63) is 74.8 Å². The fourth-order valence-corrected chi connectivity index (χ4v) is 6.50. The summed E-state index contributed by atoms with van der Waals surface area (Å²) in [7, 11) is 1.79. The number of carbonyl (C=O) groups is 1. The molecule has 2 aliphatic rings. The van der Waals surface area contributed by atoms with Gasteiger partial charge in [0, 0.05) is 38.0 Å². The Balaban J connectivity index is 1.35. The summed E-state index contributed by atoms with van der Waals surface area (Å²) >= 11 is 7.30. The van der Waals surface area contributed by atoms with Crippen molar-refractivity contribution in [1.29, 1.82) is 0 Å². The van der Waals surface area contributed by atoms with Crippen molar-refractivity contribution in [3.8, 4) is 0 Å². The number of piperazine rings is 1. The van der Waals surface area contributed by atoms with Crippen molar-refractivity contribution in [2.75, 3.05) is 34.5 Å². The lowest BCUT2D eigenvalue weighted by Gasteiger charge is -2.36. The van der Waals surface area contributed by atoms with Gasteiger partial charge in [0.05, 0.1) is 46.8 Å². The van der Waals surface area contributed by atoms with Crippen LogP contribution in [0, 0.1) is 13.8 Å². The molecule has 2 fully saturated rings. The number of aryl methyl sites for hydroxylation is 2. The van der Waals surface area contributed by atoms with E-state index in [4.69, 9.17) is 16.6 Å². The molecule has 3 atom stereocenters.